The zero-order valence-corrected chi connectivity index (χ0v) is 6.25. The number of hydrogen-bond donors (Lipinski definition) is 1. The lowest BCUT2D eigenvalue weighted by Gasteiger charge is -2.07. The molecule has 1 rings (SSSR count). The summed E-state index contributed by atoms with van der Waals surface area (Å²) in [6.45, 7) is 3.58. The van der Waals surface area contributed by atoms with Crippen LogP contribution in [0.25, 0.3) is 0 Å². The van der Waals surface area contributed by atoms with Crippen LogP contribution >= 0.6 is 0 Å². The van der Waals surface area contributed by atoms with Crippen LogP contribution in [-0.2, 0) is 9.31 Å². The first-order valence-electron chi connectivity index (χ1n) is 3.67. The highest BCUT2D eigenvalue weighted by atomic mass is 16.6. The summed E-state index contributed by atoms with van der Waals surface area (Å²) in [7, 11) is -0.0675. The molecule has 1 aliphatic heterocycles. The Morgan fingerprint density at radius 1 is 1.50 bits per heavy atom. The smallest absolute Gasteiger partial charge is 0.409 e. The molecule has 0 spiro atoms. The Hall–Kier alpha value is -0.0551. The summed E-state index contributed by atoms with van der Waals surface area (Å²) in [5, 5.41) is 8.68. The highest BCUT2D eigenvalue weighted by Gasteiger charge is 2.25. The number of rotatable bonds is 3. The standard InChI is InChI=1S/C6H13BO3/c1-6(5-8)4-7-9-2-3-10-7/h6,8H,2-5H2,1H3. The molecule has 1 N–H and O–H groups in total. The van der Waals surface area contributed by atoms with Crippen LogP contribution in [0.3, 0.4) is 0 Å². The van der Waals surface area contributed by atoms with E-state index in [0.717, 1.165) is 6.32 Å². The van der Waals surface area contributed by atoms with Crippen molar-refractivity contribution in [2.45, 2.75) is 13.2 Å². The topological polar surface area (TPSA) is 38.7 Å². The molecule has 1 atom stereocenters. The largest absolute Gasteiger partial charge is 0.457 e. The molecular formula is C6H13BO3. The summed E-state index contributed by atoms with van der Waals surface area (Å²) in [5.41, 5.74) is 0. The van der Waals surface area contributed by atoms with Gasteiger partial charge in [0.1, 0.15) is 0 Å². The molecule has 0 saturated carbocycles. The van der Waals surface area contributed by atoms with Crippen LogP contribution in [0.5, 0.6) is 0 Å². The van der Waals surface area contributed by atoms with E-state index in [9.17, 15) is 0 Å². The maximum absolute atomic E-state index is 8.68. The molecule has 0 aromatic carbocycles. The van der Waals surface area contributed by atoms with Gasteiger partial charge in [-0.3, -0.25) is 0 Å². The Kier molecular flexibility index (Phi) is 3.18. The minimum Gasteiger partial charge on any atom is -0.409 e. The summed E-state index contributed by atoms with van der Waals surface area (Å²) >= 11 is 0. The molecule has 0 bridgehead atoms. The van der Waals surface area contributed by atoms with Crippen molar-refractivity contribution in [3.63, 3.8) is 0 Å². The van der Waals surface area contributed by atoms with Crippen LogP contribution in [0, 0.1) is 5.92 Å². The van der Waals surface area contributed by atoms with E-state index in [1.165, 1.54) is 0 Å². The van der Waals surface area contributed by atoms with Crippen LogP contribution in [0.2, 0.25) is 6.32 Å². The Bertz CT molecular complexity index is 93.0. The molecule has 0 radical (unpaired) electrons. The van der Waals surface area contributed by atoms with Crippen molar-refractivity contribution in [2.75, 3.05) is 19.8 Å². The maximum Gasteiger partial charge on any atom is 0.457 e. The molecule has 10 heavy (non-hydrogen) atoms. The highest BCUT2D eigenvalue weighted by Crippen LogP contribution is 2.11. The Morgan fingerprint density at radius 2 is 2.10 bits per heavy atom. The van der Waals surface area contributed by atoms with E-state index in [2.05, 4.69) is 0 Å². The van der Waals surface area contributed by atoms with Gasteiger partial charge in [0.2, 0.25) is 0 Å². The number of aliphatic hydroxyl groups excluding tert-OH is 1. The first-order chi connectivity index (χ1) is 4.83. The van der Waals surface area contributed by atoms with E-state index in [4.69, 9.17) is 14.4 Å². The maximum atomic E-state index is 8.68. The van der Waals surface area contributed by atoms with Gasteiger partial charge in [-0.1, -0.05) is 6.92 Å². The van der Waals surface area contributed by atoms with Crippen LogP contribution < -0.4 is 0 Å². The predicted molar refractivity (Wildman–Crippen MR) is 38.7 cm³/mol. The molecule has 0 aromatic heterocycles. The van der Waals surface area contributed by atoms with Gasteiger partial charge in [-0.05, 0) is 12.2 Å². The Balaban J connectivity index is 2.11. The monoisotopic (exact) mass is 144 g/mol. The van der Waals surface area contributed by atoms with Crippen LogP contribution in [0.15, 0.2) is 0 Å². The van der Waals surface area contributed by atoms with E-state index in [-0.39, 0.29) is 19.6 Å². The van der Waals surface area contributed by atoms with Gasteiger partial charge in [0.15, 0.2) is 0 Å². The molecule has 0 aliphatic carbocycles. The first-order valence-corrected chi connectivity index (χ1v) is 3.67. The van der Waals surface area contributed by atoms with Gasteiger partial charge in [-0.2, -0.15) is 0 Å². The lowest BCUT2D eigenvalue weighted by Crippen LogP contribution is -2.18. The van der Waals surface area contributed by atoms with Crippen LogP contribution in [-0.4, -0.2) is 32.0 Å². The van der Waals surface area contributed by atoms with Crippen molar-refractivity contribution in [1.29, 1.82) is 0 Å². The second-order valence-corrected chi connectivity index (χ2v) is 2.69. The minimum absolute atomic E-state index is 0.0675. The van der Waals surface area contributed by atoms with E-state index >= 15 is 0 Å². The van der Waals surface area contributed by atoms with Gasteiger partial charge in [-0.25, -0.2) is 0 Å². The van der Waals surface area contributed by atoms with E-state index in [1.807, 2.05) is 6.92 Å². The zero-order valence-electron chi connectivity index (χ0n) is 6.25. The molecule has 1 saturated heterocycles. The lowest BCUT2D eigenvalue weighted by molar-refractivity contribution is 0.239. The predicted octanol–water partition coefficient (Wildman–Crippen LogP) is 0.150. The third-order valence-electron chi connectivity index (χ3n) is 1.60. The summed E-state index contributed by atoms with van der Waals surface area (Å²) in [6.07, 6.45) is 0.802. The van der Waals surface area contributed by atoms with Gasteiger partial charge in [0.25, 0.3) is 0 Å². The van der Waals surface area contributed by atoms with E-state index < -0.39 is 0 Å². The Morgan fingerprint density at radius 3 is 2.60 bits per heavy atom. The molecule has 0 aromatic rings. The molecule has 1 aliphatic rings. The fourth-order valence-electron chi connectivity index (χ4n) is 0.946. The van der Waals surface area contributed by atoms with Crippen molar-refractivity contribution in [3.05, 3.63) is 0 Å². The summed E-state index contributed by atoms with van der Waals surface area (Å²) in [4.78, 5) is 0. The normalized spacial score (nSPS) is 21.6. The third-order valence-corrected chi connectivity index (χ3v) is 1.60. The van der Waals surface area contributed by atoms with Gasteiger partial charge < -0.3 is 14.4 Å². The zero-order chi connectivity index (χ0) is 7.40. The average molecular weight is 144 g/mol. The van der Waals surface area contributed by atoms with Crippen LogP contribution in [0.1, 0.15) is 6.92 Å². The third kappa shape index (κ3) is 2.29. The molecule has 1 heterocycles. The molecule has 1 fully saturated rings. The minimum atomic E-state index is -0.0675. The van der Waals surface area contributed by atoms with Gasteiger partial charge in [0, 0.05) is 6.61 Å². The van der Waals surface area contributed by atoms with Crippen molar-refractivity contribution in [3.8, 4) is 0 Å². The van der Waals surface area contributed by atoms with Crippen molar-refractivity contribution in [1.82, 2.24) is 0 Å². The molecular weight excluding hydrogens is 131 g/mol. The Labute approximate surface area is 61.5 Å². The van der Waals surface area contributed by atoms with Crippen molar-refractivity contribution >= 4 is 7.12 Å². The quantitative estimate of drug-likeness (QED) is 0.573. The first kappa shape index (κ1) is 8.05. The number of hydrogen-bond acceptors (Lipinski definition) is 3. The van der Waals surface area contributed by atoms with Crippen molar-refractivity contribution in [2.24, 2.45) is 5.92 Å². The molecule has 4 heteroatoms. The van der Waals surface area contributed by atoms with Crippen LogP contribution in [0.4, 0.5) is 0 Å². The lowest BCUT2D eigenvalue weighted by atomic mass is 9.79. The second kappa shape index (κ2) is 3.96. The molecule has 1 unspecified atom stereocenters. The highest BCUT2D eigenvalue weighted by molar-refractivity contribution is 6.44. The summed E-state index contributed by atoms with van der Waals surface area (Å²) in [5.74, 6) is 0.281. The fraction of sp³-hybridized carbons (Fsp3) is 1.00. The van der Waals surface area contributed by atoms with E-state index in [0.29, 0.717) is 13.2 Å². The van der Waals surface area contributed by atoms with Gasteiger partial charge in [-0.15, -0.1) is 0 Å². The summed E-state index contributed by atoms with van der Waals surface area (Å²) in [6, 6.07) is 0. The van der Waals surface area contributed by atoms with Gasteiger partial charge >= 0.3 is 7.12 Å². The fourth-order valence-corrected chi connectivity index (χ4v) is 0.946. The summed E-state index contributed by atoms with van der Waals surface area (Å²) < 4.78 is 10.4. The second-order valence-electron chi connectivity index (χ2n) is 2.69. The molecule has 3 nitrogen and oxygen atoms in total. The molecule has 0 amide bonds. The molecule has 58 valence electrons. The number of aliphatic hydroxyl groups is 1. The SMILES string of the molecule is CC(CO)CB1OCCO1. The van der Waals surface area contributed by atoms with Crippen molar-refractivity contribution < 1.29 is 14.4 Å². The van der Waals surface area contributed by atoms with E-state index in [1.54, 1.807) is 0 Å². The average Bonchev–Trinajstić information content (AvgIpc) is 2.40. The van der Waals surface area contributed by atoms with Gasteiger partial charge in [0.05, 0.1) is 13.2 Å².